The van der Waals surface area contributed by atoms with E-state index in [9.17, 15) is 4.39 Å². The minimum atomic E-state index is -0.364. The summed E-state index contributed by atoms with van der Waals surface area (Å²) in [6.07, 6.45) is 8.07. The van der Waals surface area contributed by atoms with Crippen LogP contribution in [-0.2, 0) is 0 Å². The van der Waals surface area contributed by atoms with Crippen molar-refractivity contribution >= 4 is 11.6 Å². The van der Waals surface area contributed by atoms with E-state index in [1.165, 1.54) is 12.3 Å². The van der Waals surface area contributed by atoms with E-state index in [0.717, 1.165) is 11.3 Å². The van der Waals surface area contributed by atoms with E-state index in [0.29, 0.717) is 10.7 Å². The fraction of sp³-hybridized carbons (Fsp3) is 0. The average Bonchev–Trinajstić information content (AvgIpc) is 2.89. The van der Waals surface area contributed by atoms with Crippen LogP contribution in [0.2, 0.25) is 5.02 Å². The maximum absolute atomic E-state index is 13.1. The number of nitrogens with zero attached hydrogens (tertiary/aromatic N) is 3. The predicted molar refractivity (Wildman–Crippen MR) is 71.8 cm³/mol. The summed E-state index contributed by atoms with van der Waals surface area (Å²) >= 11 is 5.80. The summed E-state index contributed by atoms with van der Waals surface area (Å²) in [5.74, 6) is -0.364. The van der Waals surface area contributed by atoms with Crippen molar-refractivity contribution in [1.82, 2.24) is 14.5 Å². The fourth-order valence-electron chi connectivity index (χ4n) is 1.80. The maximum atomic E-state index is 13.1. The molecule has 0 N–H and O–H groups in total. The summed E-state index contributed by atoms with van der Waals surface area (Å²) in [6.45, 7) is 0. The van der Waals surface area contributed by atoms with Crippen molar-refractivity contribution in [1.29, 1.82) is 0 Å². The summed E-state index contributed by atoms with van der Waals surface area (Å²) in [4.78, 5) is 8.06. The Kier molecular flexibility index (Phi) is 3.01. The molecule has 0 radical (unpaired) electrons. The molecule has 3 nitrogen and oxygen atoms in total. The van der Waals surface area contributed by atoms with Crippen LogP contribution in [0.4, 0.5) is 4.39 Å². The van der Waals surface area contributed by atoms with Crippen LogP contribution in [-0.4, -0.2) is 14.5 Å². The molecule has 0 aromatic carbocycles. The first kappa shape index (κ1) is 11.9. The molecule has 0 atom stereocenters. The number of halogens is 2. The second kappa shape index (κ2) is 4.82. The van der Waals surface area contributed by atoms with E-state index < -0.39 is 0 Å². The molecule has 0 bridgehead atoms. The van der Waals surface area contributed by atoms with Crippen molar-refractivity contribution < 1.29 is 4.39 Å². The van der Waals surface area contributed by atoms with Gasteiger partial charge in [-0.25, -0.2) is 4.39 Å². The van der Waals surface area contributed by atoms with Crippen LogP contribution in [0.5, 0.6) is 0 Å². The fourth-order valence-corrected chi connectivity index (χ4v) is 1.91. The highest BCUT2D eigenvalue weighted by Crippen LogP contribution is 2.21. The van der Waals surface area contributed by atoms with Gasteiger partial charge in [0.1, 0.15) is 5.82 Å². The van der Waals surface area contributed by atoms with E-state index in [1.54, 1.807) is 23.0 Å². The third kappa shape index (κ3) is 2.48. The minimum Gasteiger partial charge on any atom is -0.322 e. The molecule has 0 saturated heterocycles. The molecule has 3 aromatic heterocycles. The molecular weight excluding hydrogens is 265 g/mol. The highest BCUT2D eigenvalue weighted by atomic mass is 35.5. The zero-order valence-corrected chi connectivity index (χ0v) is 10.5. The largest absolute Gasteiger partial charge is 0.322 e. The molecule has 94 valence electrons. The molecule has 3 rings (SSSR count). The summed E-state index contributed by atoms with van der Waals surface area (Å²) in [5.41, 5.74) is 2.41. The maximum Gasteiger partial charge on any atom is 0.143 e. The van der Waals surface area contributed by atoms with Gasteiger partial charge in [-0.2, -0.15) is 0 Å². The Hall–Kier alpha value is -2.20. The second-order valence-corrected chi connectivity index (χ2v) is 4.47. The highest BCUT2D eigenvalue weighted by Gasteiger charge is 2.04. The quantitative estimate of drug-likeness (QED) is 0.712. The molecule has 19 heavy (non-hydrogen) atoms. The third-order valence-corrected chi connectivity index (χ3v) is 2.93. The van der Waals surface area contributed by atoms with Gasteiger partial charge >= 0.3 is 0 Å². The van der Waals surface area contributed by atoms with E-state index >= 15 is 0 Å². The molecule has 0 saturated carbocycles. The van der Waals surface area contributed by atoms with Gasteiger partial charge in [0.2, 0.25) is 0 Å². The van der Waals surface area contributed by atoms with Gasteiger partial charge < -0.3 is 4.57 Å². The summed E-state index contributed by atoms with van der Waals surface area (Å²) in [6, 6.07) is 6.95. The zero-order valence-electron chi connectivity index (χ0n) is 9.79. The first-order chi connectivity index (χ1) is 9.22. The normalized spacial score (nSPS) is 10.6. The molecule has 0 aliphatic carbocycles. The van der Waals surface area contributed by atoms with Gasteiger partial charge in [0.25, 0.3) is 0 Å². The Balaban J connectivity index is 1.97. The van der Waals surface area contributed by atoms with Crippen molar-refractivity contribution in [2.75, 3.05) is 0 Å². The third-order valence-electron chi connectivity index (χ3n) is 2.70. The number of hydrogen-bond donors (Lipinski definition) is 0. The molecule has 5 heteroatoms. The van der Waals surface area contributed by atoms with E-state index in [-0.39, 0.29) is 5.82 Å². The lowest BCUT2D eigenvalue weighted by Crippen LogP contribution is -1.92. The van der Waals surface area contributed by atoms with Crippen LogP contribution in [0, 0.1) is 5.82 Å². The Morgan fingerprint density at radius 1 is 1.11 bits per heavy atom. The van der Waals surface area contributed by atoms with Crippen LogP contribution in [0.1, 0.15) is 0 Å². The van der Waals surface area contributed by atoms with Gasteiger partial charge in [-0.1, -0.05) is 11.6 Å². The first-order valence-corrected chi connectivity index (χ1v) is 6.01. The minimum absolute atomic E-state index is 0.364. The molecule has 3 aromatic rings. The SMILES string of the molecule is Fc1cncc(-n2ccc(-c3ccc(Cl)cn3)c2)c1. The van der Waals surface area contributed by atoms with Crippen molar-refractivity contribution in [3.8, 4) is 16.9 Å². The zero-order chi connectivity index (χ0) is 13.2. The summed E-state index contributed by atoms with van der Waals surface area (Å²) in [5, 5.41) is 0.595. The highest BCUT2D eigenvalue weighted by molar-refractivity contribution is 6.30. The predicted octanol–water partition coefficient (Wildman–Crippen LogP) is 3.73. The number of aromatic nitrogens is 3. The topological polar surface area (TPSA) is 30.7 Å². The Morgan fingerprint density at radius 2 is 2.00 bits per heavy atom. The second-order valence-electron chi connectivity index (χ2n) is 4.03. The van der Waals surface area contributed by atoms with Crippen molar-refractivity contribution in [2.24, 2.45) is 0 Å². The molecule has 0 fully saturated rings. The summed E-state index contributed by atoms with van der Waals surface area (Å²) < 4.78 is 14.9. The number of pyridine rings is 2. The van der Waals surface area contributed by atoms with Gasteiger partial charge in [-0.05, 0) is 18.2 Å². The van der Waals surface area contributed by atoms with Crippen molar-refractivity contribution in [2.45, 2.75) is 0 Å². The van der Waals surface area contributed by atoms with E-state index in [4.69, 9.17) is 11.6 Å². The van der Waals surface area contributed by atoms with Gasteiger partial charge in [-0.15, -0.1) is 0 Å². The Bertz CT molecular complexity index is 707. The molecule has 0 aliphatic rings. The van der Waals surface area contributed by atoms with E-state index in [2.05, 4.69) is 9.97 Å². The van der Waals surface area contributed by atoms with Crippen LogP contribution in [0.25, 0.3) is 16.9 Å². The Labute approximate surface area is 114 Å². The molecule has 0 aliphatic heterocycles. The lowest BCUT2D eigenvalue weighted by molar-refractivity contribution is 0.620. The average molecular weight is 274 g/mol. The smallest absolute Gasteiger partial charge is 0.143 e. The monoisotopic (exact) mass is 273 g/mol. The van der Waals surface area contributed by atoms with Gasteiger partial charge in [0.05, 0.1) is 28.8 Å². The van der Waals surface area contributed by atoms with E-state index in [1.807, 2.05) is 24.5 Å². The standard InChI is InChI=1S/C14H9ClFN3/c15-11-1-2-14(18-6-11)10-3-4-19(9-10)13-5-12(16)7-17-8-13/h1-9H. The van der Waals surface area contributed by atoms with Gasteiger partial charge in [0, 0.05) is 30.2 Å². The molecule has 3 heterocycles. The lowest BCUT2D eigenvalue weighted by Gasteiger charge is -2.01. The molecular formula is C14H9ClFN3. The number of hydrogen-bond acceptors (Lipinski definition) is 2. The van der Waals surface area contributed by atoms with Crippen LogP contribution in [0.15, 0.2) is 55.2 Å². The Morgan fingerprint density at radius 3 is 2.74 bits per heavy atom. The summed E-state index contributed by atoms with van der Waals surface area (Å²) in [7, 11) is 0. The van der Waals surface area contributed by atoms with Crippen LogP contribution in [0.3, 0.4) is 0 Å². The van der Waals surface area contributed by atoms with Crippen LogP contribution >= 0.6 is 11.6 Å². The van der Waals surface area contributed by atoms with Gasteiger partial charge in [0.15, 0.2) is 0 Å². The molecule has 0 amide bonds. The molecule has 0 unspecified atom stereocenters. The number of rotatable bonds is 2. The lowest BCUT2D eigenvalue weighted by atomic mass is 10.2. The van der Waals surface area contributed by atoms with Crippen molar-refractivity contribution in [3.63, 3.8) is 0 Å². The first-order valence-electron chi connectivity index (χ1n) is 5.63. The van der Waals surface area contributed by atoms with Crippen LogP contribution < -0.4 is 0 Å². The van der Waals surface area contributed by atoms with Crippen molar-refractivity contribution in [3.05, 3.63) is 66.1 Å². The van der Waals surface area contributed by atoms with Gasteiger partial charge in [-0.3, -0.25) is 9.97 Å². The molecule has 0 spiro atoms.